The summed E-state index contributed by atoms with van der Waals surface area (Å²) in [6, 6.07) is 0.986. The molecule has 15 heavy (non-hydrogen) atoms. The molecule has 0 fully saturated rings. The van der Waals surface area contributed by atoms with Crippen molar-refractivity contribution in [3.63, 3.8) is 0 Å². The van der Waals surface area contributed by atoms with Crippen LogP contribution in [0, 0.1) is 0 Å². The first kappa shape index (κ1) is 10.9. The molecule has 0 radical (unpaired) electrons. The summed E-state index contributed by atoms with van der Waals surface area (Å²) in [5.41, 5.74) is -0.647. The fourth-order valence-electron chi connectivity index (χ4n) is 1.05. The van der Waals surface area contributed by atoms with Crippen molar-refractivity contribution in [1.29, 1.82) is 0 Å². The Balaban J connectivity index is 3.10. The van der Waals surface area contributed by atoms with Crippen LogP contribution in [0.2, 0.25) is 0 Å². The topological polar surface area (TPSA) is 109 Å². The maximum Gasteiger partial charge on any atom is 0.329 e. The first-order valence-electron chi connectivity index (χ1n) is 4.01. The van der Waals surface area contributed by atoms with Crippen LogP contribution in [-0.4, -0.2) is 31.9 Å². The minimum Gasteiger partial charge on any atom is -0.481 e. The molecular weight excluding hydrogens is 204 g/mol. The van der Waals surface area contributed by atoms with Gasteiger partial charge >= 0.3 is 11.9 Å². The van der Waals surface area contributed by atoms with E-state index in [1.54, 1.807) is 0 Å². The quantitative estimate of drug-likeness (QED) is 0.685. The Labute approximate surface area is 83.6 Å². The van der Waals surface area contributed by atoms with E-state index in [-0.39, 0.29) is 0 Å². The molecule has 0 aliphatic rings. The lowest BCUT2D eigenvalue weighted by atomic mass is 10.2. The molecule has 0 aromatic carbocycles. The molecule has 0 spiro atoms. The fraction of sp³-hybridized carbons (Fsp3) is 0.250. The van der Waals surface area contributed by atoms with E-state index in [1.807, 2.05) is 0 Å². The molecule has 0 aliphatic heterocycles. The second-order valence-corrected chi connectivity index (χ2v) is 2.76. The number of rotatable bonds is 4. The maximum absolute atomic E-state index is 11.2. The third-order valence-electron chi connectivity index (χ3n) is 1.69. The largest absolute Gasteiger partial charge is 0.481 e. The highest BCUT2D eigenvalue weighted by Gasteiger charge is 2.24. The molecule has 80 valence electrons. The van der Waals surface area contributed by atoms with Gasteiger partial charge in [0.2, 0.25) is 0 Å². The van der Waals surface area contributed by atoms with Crippen LogP contribution in [-0.2, 0) is 9.59 Å². The summed E-state index contributed by atoms with van der Waals surface area (Å²) in [6.07, 6.45) is 0.533. The van der Waals surface area contributed by atoms with Crippen LogP contribution < -0.4 is 5.56 Å². The van der Waals surface area contributed by atoms with E-state index in [1.165, 1.54) is 12.3 Å². The van der Waals surface area contributed by atoms with E-state index in [9.17, 15) is 14.4 Å². The minimum absolute atomic E-state index is 0.635. The highest BCUT2D eigenvalue weighted by molar-refractivity contribution is 5.79. The van der Waals surface area contributed by atoms with Gasteiger partial charge in [0.1, 0.15) is 0 Å². The standard InChI is InChI=1S/C8H8N2O5/c11-6-2-1-3-9-10(6)5(8(14)15)4-7(12)13/h1-3,5H,4H2,(H,12,13)(H,14,15). The van der Waals surface area contributed by atoms with E-state index in [4.69, 9.17) is 10.2 Å². The van der Waals surface area contributed by atoms with Gasteiger partial charge in [-0.3, -0.25) is 9.59 Å². The van der Waals surface area contributed by atoms with Gasteiger partial charge in [-0.1, -0.05) is 0 Å². The lowest BCUT2D eigenvalue weighted by Gasteiger charge is -2.10. The second kappa shape index (κ2) is 4.36. The van der Waals surface area contributed by atoms with Gasteiger partial charge in [-0.25, -0.2) is 9.48 Å². The van der Waals surface area contributed by atoms with Crippen molar-refractivity contribution in [1.82, 2.24) is 9.78 Å². The van der Waals surface area contributed by atoms with Crippen LogP contribution in [0.15, 0.2) is 23.1 Å². The van der Waals surface area contributed by atoms with Crippen LogP contribution in [0.4, 0.5) is 0 Å². The molecule has 0 amide bonds. The highest BCUT2D eigenvalue weighted by atomic mass is 16.4. The van der Waals surface area contributed by atoms with Crippen molar-refractivity contribution in [2.45, 2.75) is 12.5 Å². The molecule has 7 nitrogen and oxygen atoms in total. The minimum atomic E-state index is -1.48. The number of aliphatic carboxylic acids is 2. The van der Waals surface area contributed by atoms with Crippen molar-refractivity contribution >= 4 is 11.9 Å². The zero-order chi connectivity index (χ0) is 11.4. The highest BCUT2D eigenvalue weighted by Crippen LogP contribution is 2.07. The van der Waals surface area contributed by atoms with E-state index in [2.05, 4.69) is 5.10 Å². The van der Waals surface area contributed by atoms with Gasteiger partial charge in [-0.05, 0) is 6.07 Å². The van der Waals surface area contributed by atoms with Gasteiger partial charge in [0.25, 0.3) is 5.56 Å². The van der Waals surface area contributed by atoms with E-state index >= 15 is 0 Å². The number of aromatic nitrogens is 2. The van der Waals surface area contributed by atoms with Crippen molar-refractivity contribution in [3.05, 3.63) is 28.7 Å². The predicted molar refractivity (Wildman–Crippen MR) is 47.4 cm³/mol. The molecule has 2 N–H and O–H groups in total. The van der Waals surface area contributed by atoms with Crippen LogP contribution >= 0.6 is 0 Å². The molecule has 1 heterocycles. The van der Waals surface area contributed by atoms with Crippen LogP contribution in [0.3, 0.4) is 0 Å². The molecule has 1 aromatic heterocycles. The van der Waals surface area contributed by atoms with Crippen molar-refractivity contribution in [3.8, 4) is 0 Å². The lowest BCUT2D eigenvalue weighted by Crippen LogP contribution is -2.32. The summed E-state index contributed by atoms with van der Waals surface area (Å²) in [7, 11) is 0. The van der Waals surface area contributed by atoms with Crippen LogP contribution in [0.1, 0.15) is 12.5 Å². The molecule has 0 saturated carbocycles. The monoisotopic (exact) mass is 212 g/mol. The number of hydrogen-bond acceptors (Lipinski definition) is 4. The summed E-state index contributed by atoms with van der Waals surface area (Å²) in [4.78, 5) is 32.3. The molecule has 7 heteroatoms. The summed E-state index contributed by atoms with van der Waals surface area (Å²) in [6.45, 7) is 0. The molecule has 0 saturated heterocycles. The van der Waals surface area contributed by atoms with Crippen molar-refractivity contribution < 1.29 is 19.8 Å². The van der Waals surface area contributed by atoms with Crippen LogP contribution in [0.5, 0.6) is 0 Å². The fourth-order valence-corrected chi connectivity index (χ4v) is 1.05. The van der Waals surface area contributed by atoms with E-state index in [0.717, 1.165) is 6.07 Å². The first-order valence-corrected chi connectivity index (χ1v) is 4.01. The molecule has 1 unspecified atom stereocenters. The predicted octanol–water partition coefficient (Wildman–Crippen LogP) is -0.656. The zero-order valence-electron chi connectivity index (χ0n) is 7.53. The van der Waals surface area contributed by atoms with Gasteiger partial charge in [0.05, 0.1) is 6.42 Å². The number of hydrogen-bond donors (Lipinski definition) is 2. The molecule has 0 bridgehead atoms. The lowest BCUT2D eigenvalue weighted by molar-refractivity contribution is -0.147. The SMILES string of the molecule is O=C(O)CC(C(=O)O)n1ncccc1=O. The molecule has 1 atom stereocenters. The molecule has 1 aromatic rings. The van der Waals surface area contributed by atoms with Crippen molar-refractivity contribution in [2.75, 3.05) is 0 Å². The third kappa shape index (κ3) is 2.63. The Morgan fingerprint density at radius 1 is 1.47 bits per heavy atom. The average Bonchev–Trinajstić information content (AvgIpc) is 2.15. The maximum atomic E-state index is 11.2. The van der Waals surface area contributed by atoms with Crippen LogP contribution in [0.25, 0.3) is 0 Å². The Bertz CT molecular complexity index is 439. The summed E-state index contributed by atoms with van der Waals surface area (Å²) >= 11 is 0. The number of carbonyl (C=O) groups is 2. The number of carboxylic acid groups (broad SMARTS) is 2. The average molecular weight is 212 g/mol. The summed E-state index contributed by atoms with van der Waals surface area (Å²) < 4.78 is 0.635. The van der Waals surface area contributed by atoms with E-state index < -0.39 is 30.0 Å². The second-order valence-electron chi connectivity index (χ2n) is 2.76. The smallest absolute Gasteiger partial charge is 0.329 e. The van der Waals surface area contributed by atoms with Crippen molar-refractivity contribution in [2.24, 2.45) is 0 Å². The Morgan fingerprint density at radius 3 is 2.60 bits per heavy atom. The van der Waals surface area contributed by atoms with Gasteiger partial charge in [-0.15, -0.1) is 0 Å². The van der Waals surface area contributed by atoms with Gasteiger partial charge < -0.3 is 10.2 Å². The van der Waals surface area contributed by atoms with E-state index in [0.29, 0.717) is 4.68 Å². The summed E-state index contributed by atoms with van der Waals surface area (Å²) in [5, 5.41) is 20.7. The zero-order valence-corrected chi connectivity index (χ0v) is 7.53. The third-order valence-corrected chi connectivity index (χ3v) is 1.69. The Kier molecular flexibility index (Phi) is 3.17. The van der Waals surface area contributed by atoms with Gasteiger partial charge in [0.15, 0.2) is 6.04 Å². The number of nitrogens with zero attached hydrogens (tertiary/aromatic N) is 2. The molecule has 1 rings (SSSR count). The summed E-state index contributed by atoms with van der Waals surface area (Å²) in [5.74, 6) is -2.71. The first-order chi connectivity index (χ1) is 7.02. The normalized spacial score (nSPS) is 12.0. The number of carboxylic acids is 2. The molecule has 0 aliphatic carbocycles. The Morgan fingerprint density at radius 2 is 2.13 bits per heavy atom. The van der Waals surface area contributed by atoms with Gasteiger partial charge in [0, 0.05) is 12.3 Å². The van der Waals surface area contributed by atoms with Gasteiger partial charge in [-0.2, -0.15) is 5.10 Å². The Hall–Kier alpha value is -2.18. The molecular formula is C8H8N2O5.